The van der Waals surface area contributed by atoms with Gasteiger partial charge in [0.25, 0.3) is 0 Å². The topological polar surface area (TPSA) is 64.5 Å². The van der Waals surface area contributed by atoms with Crippen molar-refractivity contribution in [3.63, 3.8) is 0 Å². The molecule has 14 aromatic carbocycles. The maximum absolute atomic E-state index is 6.80. The average molecular weight is 1410 g/mol. The Morgan fingerprint density at radius 3 is 1.12 bits per heavy atom. The van der Waals surface area contributed by atoms with Gasteiger partial charge in [0.2, 0.25) is 0 Å². The van der Waals surface area contributed by atoms with Crippen molar-refractivity contribution in [3.8, 4) is 56.1 Å². The molecule has 0 aliphatic carbocycles. The first-order valence-electron chi connectivity index (χ1n) is 35.4. The number of fused-ring (bicyclic) bond motifs is 16. The van der Waals surface area contributed by atoms with Crippen molar-refractivity contribution in [2.75, 3.05) is 0 Å². The molecule has 104 heavy (non-hydrogen) atoms. The quantitative estimate of drug-likeness (QED) is 0.142. The van der Waals surface area contributed by atoms with Crippen LogP contribution < -0.4 is 5.46 Å². The zero-order valence-corrected chi connectivity index (χ0v) is 59.3. The fraction of sp³-hybridized carbons (Fsp3) is 0.0638. The predicted molar refractivity (Wildman–Crippen MR) is 436 cm³/mol. The van der Waals surface area contributed by atoms with E-state index >= 15 is 0 Å². The Balaban J connectivity index is 0.000000113. The number of hydrogen-bond acceptors (Lipinski definition) is 4. The molecule has 0 radical (unpaired) electrons. The molecule has 0 unspecified atom stereocenters. The maximum atomic E-state index is 6.80. The second kappa shape index (κ2) is 25.1. The minimum absolute atomic E-state index is 0.388. The van der Waals surface area contributed by atoms with Crippen LogP contribution in [0.3, 0.4) is 0 Å². The number of para-hydroxylation sites is 8. The van der Waals surface area contributed by atoms with Gasteiger partial charge in [-0.25, -0.2) is 0 Å². The zero-order chi connectivity index (χ0) is 69.8. The number of hydrogen-bond donors (Lipinski definition) is 0. The van der Waals surface area contributed by atoms with Gasteiger partial charge in [-0.15, -0.1) is 0 Å². The Morgan fingerprint density at radius 2 is 0.663 bits per heavy atom. The Hall–Kier alpha value is -12.2. The van der Waals surface area contributed by atoms with Crippen LogP contribution in [0, 0.1) is 0 Å². The minimum atomic E-state index is -0.450. The number of rotatable bonds is 8. The Morgan fingerprint density at radius 1 is 0.288 bits per heavy atom. The molecule has 21 rings (SSSR count). The highest BCUT2D eigenvalue weighted by Crippen LogP contribution is 2.46. The monoisotopic (exact) mass is 1410 g/mol. The molecule has 7 heterocycles. The Bertz CT molecular complexity index is 6660. The van der Waals surface area contributed by atoms with Crippen LogP contribution >= 0.6 is 15.9 Å². The van der Waals surface area contributed by atoms with E-state index in [1.54, 1.807) is 0 Å². The number of halogens is 1. The van der Waals surface area contributed by atoms with E-state index in [0.29, 0.717) is 0 Å². The van der Waals surface area contributed by atoms with E-state index < -0.39 is 7.12 Å². The van der Waals surface area contributed by atoms with Crippen LogP contribution in [0.4, 0.5) is 0 Å². The minimum Gasteiger partial charge on any atom is -0.456 e. The zero-order valence-electron chi connectivity index (χ0n) is 57.7. The van der Waals surface area contributed by atoms with Gasteiger partial charge in [0.15, 0.2) is 0 Å². The molecule has 0 N–H and O–H groups in total. The molecule has 1 saturated heterocycles. The molecule has 6 aromatic heterocycles. The second-order valence-corrected chi connectivity index (χ2v) is 28.8. The van der Waals surface area contributed by atoms with E-state index in [-0.39, 0.29) is 11.2 Å². The van der Waals surface area contributed by atoms with Gasteiger partial charge < -0.3 is 36.4 Å². The van der Waals surface area contributed by atoms with Crippen molar-refractivity contribution < 1.29 is 18.1 Å². The van der Waals surface area contributed by atoms with Gasteiger partial charge >= 0.3 is 7.12 Å². The van der Waals surface area contributed by atoms with Crippen LogP contribution in [0.2, 0.25) is 0 Å². The first-order valence-corrected chi connectivity index (χ1v) is 36.2. The molecule has 498 valence electrons. The van der Waals surface area contributed by atoms with Gasteiger partial charge in [-0.05, 0) is 135 Å². The number of nitrogens with zero attached hydrogens (tertiary/aromatic N) is 4. The number of furan rings is 2. The van der Waals surface area contributed by atoms with Crippen LogP contribution in [0.25, 0.3) is 165 Å². The van der Waals surface area contributed by atoms with Crippen LogP contribution in [0.15, 0.2) is 353 Å². The lowest BCUT2D eigenvalue weighted by molar-refractivity contribution is 0.00578. The van der Waals surface area contributed by atoms with Gasteiger partial charge in [0.1, 0.15) is 22.3 Å². The molecule has 1 aliphatic rings. The fourth-order valence-electron chi connectivity index (χ4n) is 15.6. The van der Waals surface area contributed by atoms with Crippen LogP contribution in [-0.4, -0.2) is 36.6 Å². The molecule has 0 saturated carbocycles. The molecule has 0 amide bonds. The van der Waals surface area contributed by atoms with E-state index in [0.717, 1.165) is 98.6 Å². The predicted octanol–water partition coefficient (Wildman–Crippen LogP) is 25.0. The summed E-state index contributed by atoms with van der Waals surface area (Å²) in [6, 6.07) is 116. The van der Waals surface area contributed by atoms with E-state index in [2.05, 4.69) is 372 Å². The summed E-state index contributed by atoms with van der Waals surface area (Å²) >= 11 is 3.66. The summed E-state index contributed by atoms with van der Waals surface area (Å²) < 4.78 is 36.3. The first-order chi connectivity index (χ1) is 51.0. The molecule has 8 nitrogen and oxygen atoms in total. The van der Waals surface area contributed by atoms with Crippen molar-refractivity contribution in [2.24, 2.45) is 0 Å². The highest BCUT2D eigenvalue weighted by atomic mass is 79.9. The summed E-state index contributed by atoms with van der Waals surface area (Å²) in [7, 11) is -0.450. The van der Waals surface area contributed by atoms with Gasteiger partial charge in [0, 0.05) is 116 Å². The van der Waals surface area contributed by atoms with Gasteiger partial charge in [-0.1, -0.05) is 253 Å². The molecule has 1 aliphatic heterocycles. The summed E-state index contributed by atoms with van der Waals surface area (Å²) in [6.07, 6.45) is 4.35. The lowest BCUT2D eigenvalue weighted by Gasteiger charge is -2.32. The van der Waals surface area contributed by atoms with Gasteiger partial charge in [-0.3, -0.25) is 0 Å². The lowest BCUT2D eigenvalue weighted by atomic mass is 9.78. The maximum Gasteiger partial charge on any atom is 0.498 e. The first kappa shape index (κ1) is 62.8. The SMILES string of the molecule is Brc1ccc2c(c1)c1ccc3ccn(-c4ccccc4)c3c1n2-c1ccccc1.CC1(C)OB(c2cccc3c2oc2c(-c4ccccc4)cccc23)OC1(C)C.c1ccc(-c2cccc3c2oc2c(-c4ccc5c(c4)c4ccc6ccn(-c7ccccc7)c6c4n5-c4ccccc4)cccc23)cc1. The van der Waals surface area contributed by atoms with Crippen molar-refractivity contribution in [1.29, 1.82) is 0 Å². The van der Waals surface area contributed by atoms with E-state index in [1.807, 2.05) is 30.3 Å². The van der Waals surface area contributed by atoms with Gasteiger partial charge in [-0.2, -0.15) is 0 Å². The third-order valence-corrected chi connectivity index (χ3v) is 21.8. The smallest absolute Gasteiger partial charge is 0.456 e. The largest absolute Gasteiger partial charge is 0.498 e. The molecule has 1 fully saturated rings. The summed E-state index contributed by atoms with van der Waals surface area (Å²) in [4.78, 5) is 0. The normalized spacial score (nSPS) is 13.5. The standard InChI is InChI=1S/C44H28N2O.C26H17BrN2.C24H23BO3/c1-4-12-29(13-5-1)34-18-10-20-37-38-21-11-19-35(44(38)47-43(34)37)31-23-25-40-39(28-31)36-24-22-30-26-27-45(32-14-6-2-7-15-32)41(30)42(36)46(40)33-16-8-3-9-17-33;27-19-12-14-24-23(17-19)22-13-11-18-15-16-28(20-7-3-1-4-8-20)25(18)26(22)29(24)21-9-5-2-6-10-21;1-23(2)24(3,4)28-25(27-23)20-15-9-14-19-18-13-8-12-17(21(18)26-22(19)20)16-10-6-5-7-11-16/h1-28H;1-17H;5-15H,1-4H3. The van der Waals surface area contributed by atoms with E-state index in [9.17, 15) is 0 Å². The Labute approximate surface area is 609 Å². The third kappa shape index (κ3) is 10.4. The highest BCUT2D eigenvalue weighted by molar-refractivity contribution is 9.10. The summed E-state index contributed by atoms with van der Waals surface area (Å²) in [5, 5.41) is 11.8. The van der Waals surface area contributed by atoms with Crippen molar-refractivity contribution in [3.05, 3.63) is 344 Å². The highest BCUT2D eigenvalue weighted by Gasteiger charge is 2.52. The fourth-order valence-corrected chi connectivity index (χ4v) is 16.0. The van der Waals surface area contributed by atoms with Crippen molar-refractivity contribution >= 4 is 138 Å². The molecule has 0 atom stereocenters. The van der Waals surface area contributed by atoms with Crippen LogP contribution in [0.1, 0.15) is 27.7 Å². The summed E-state index contributed by atoms with van der Waals surface area (Å²) in [6.45, 7) is 8.27. The number of aromatic nitrogens is 4. The molecular weight excluding hydrogens is 1340 g/mol. The average Bonchev–Trinajstić information content (AvgIpc) is 1.62. The van der Waals surface area contributed by atoms with Gasteiger partial charge in [0.05, 0.1) is 44.3 Å². The molecule has 0 bridgehead atoms. The van der Waals surface area contributed by atoms with Crippen molar-refractivity contribution in [1.82, 2.24) is 18.3 Å². The van der Waals surface area contributed by atoms with Crippen LogP contribution in [0.5, 0.6) is 0 Å². The summed E-state index contributed by atoms with van der Waals surface area (Å²) in [5.41, 5.74) is 22.3. The molecule has 10 heteroatoms. The molecular formula is C94H68BBrN4O4. The number of benzene rings is 14. The van der Waals surface area contributed by atoms with E-state index in [4.69, 9.17) is 18.1 Å². The van der Waals surface area contributed by atoms with E-state index in [1.165, 1.54) is 76.8 Å². The third-order valence-electron chi connectivity index (χ3n) is 21.3. The van der Waals surface area contributed by atoms with Crippen molar-refractivity contribution in [2.45, 2.75) is 38.9 Å². The second-order valence-electron chi connectivity index (χ2n) is 27.9. The van der Waals surface area contributed by atoms with Crippen LogP contribution in [-0.2, 0) is 9.31 Å². The molecule has 20 aromatic rings. The Kier molecular flexibility index (Phi) is 15.2. The summed E-state index contributed by atoms with van der Waals surface area (Å²) in [5.74, 6) is 0. The lowest BCUT2D eigenvalue weighted by Crippen LogP contribution is -2.41. The molecule has 0 spiro atoms.